The molecule has 0 amide bonds. The number of imidazole rings is 1. The van der Waals surface area contributed by atoms with Gasteiger partial charge in [-0.15, -0.1) is 11.1 Å². The summed E-state index contributed by atoms with van der Waals surface area (Å²) in [6.07, 6.45) is 14.3. The SMILES string of the molecule is C#Cc1ccc2c(c1)CC1(CCN(c3ncc(I)c4nccn34)CC1)[C@@H]2N[S+]([O-])C(C)(C)C. The van der Waals surface area contributed by atoms with E-state index >= 15 is 0 Å². The summed E-state index contributed by atoms with van der Waals surface area (Å²) in [6, 6.07) is 6.33. The summed E-state index contributed by atoms with van der Waals surface area (Å²) in [5.41, 5.74) is 4.38. The Balaban J connectivity index is 1.45. The topological polar surface area (TPSA) is 68.5 Å². The van der Waals surface area contributed by atoms with Crippen LogP contribution in [-0.4, -0.2) is 36.8 Å². The van der Waals surface area contributed by atoms with Gasteiger partial charge in [0.25, 0.3) is 0 Å². The molecule has 2 aliphatic rings. The van der Waals surface area contributed by atoms with Crippen molar-refractivity contribution in [3.63, 3.8) is 0 Å². The van der Waals surface area contributed by atoms with Gasteiger partial charge in [-0.2, -0.15) is 0 Å². The Labute approximate surface area is 212 Å². The predicted molar refractivity (Wildman–Crippen MR) is 141 cm³/mol. The number of terminal acetylenes is 1. The van der Waals surface area contributed by atoms with Gasteiger partial charge in [0.15, 0.2) is 5.65 Å². The van der Waals surface area contributed by atoms with E-state index in [2.05, 4.69) is 59.7 Å². The molecule has 1 N–H and O–H groups in total. The van der Waals surface area contributed by atoms with Gasteiger partial charge in [0, 0.05) is 54.0 Å². The molecule has 3 aromatic rings. The first kappa shape index (κ1) is 23.0. The molecular formula is C25H28IN5OS. The fourth-order valence-corrected chi connectivity index (χ4v) is 6.62. The number of hydrogen-bond donors (Lipinski definition) is 1. The van der Waals surface area contributed by atoms with Crippen molar-refractivity contribution in [3.8, 4) is 12.3 Å². The van der Waals surface area contributed by atoms with Gasteiger partial charge in [-0.25, -0.2) is 9.97 Å². The molecule has 1 spiro atoms. The summed E-state index contributed by atoms with van der Waals surface area (Å²) in [4.78, 5) is 11.6. The van der Waals surface area contributed by atoms with Gasteiger partial charge in [0.2, 0.25) is 5.95 Å². The Bertz CT molecular complexity index is 1240. The van der Waals surface area contributed by atoms with Gasteiger partial charge in [-0.3, -0.25) is 4.40 Å². The number of benzene rings is 1. The van der Waals surface area contributed by atoms with Crippen LogP contribution in [0.3, 0.4) is 0 Å². The van der Waals surface area contributed by atoms with Crippen LogP contribution in [0.5, 0.6) is 0 Å². The van der Waals surface area contributed by atoms with Crippen molar-refractivity contribution < 1.29 is 4.55 Å². The normalized spacial score (nSPS) is 20.7. The third-order valence-corrected chi connectivity index (χ3v) is 9.28. The lowest BCUT2D eigenvalue weighted by molar-refractivity contribution is 0.175. The van der Waals surface area contributed by atoms with E-state index in [0.717, 1.165) is 53.1 Å². The Kier molecular flexibility index (Phi) is 5.88. The molecule has 0 saturated carbocycles. The van der Waals surface area contributed by atoms with Crippen LogP contribution in [0.15, 0.2) is 36.8 Å². The highest BCUT2D eigenvalue weighted by Gasteiger charge is 2.50. The standard InChI is InChI=1S/C25H28IN5OS/c1-5-17-6-7-19-18(14-17)15-25(21(19)29-33(32)24(2,3)4)8-11-30(12-9-25)23-28-16-20(26)22-27-10-13-31(22)23/h1,6-7,10,13-14,16,21,29H,8-9,11-12,15H2,2-4H3/t21-,33?/m1/s1. The number of nitrogens with one attached hydrogen (secondary N) is 1. The fraction of sp³-hybridized carbons (Fsp3) is 0.440. The van der Waals surface area contributed by atoms with E-state index in [9.17, 15) is 4.55 Å². The molecule has 1 aliphatic carbocycles. The number of fused-ring (bicyclic) bond motifs is 2. The summed E-state index contributed by atoms with van der Waals surface area (Å²) in [5, 5.41) is 0. The molecule has 5 rings (SSSR count). The second-order valence-electron chi connectivity index (χ2n) is 10.0. The number of rotatable bonds is 3. The van der Waals surface area contributed by atoms with Crippen molar-refractivity contribution in [2.45, 2.75) is 50.8 Å². The predicted octanol–water partition coefficient (Wildman–Crippen LogP) is 4.25. The molecule has 33 heavy (non-hydrogen) atoms. The number of hydrogen-bond acceptors (Lipinski definition) is 5. The molecule has 1 fully saturated rings. The van der Waals surface area contributed by atoms with Gasteiger partial charge >= 0.3 is 0 Å². The minimum atomic E-state index is -1.16. The second kappa shape index (κ2) is 8.45. The summed E-state index contributed by atoms with van der Waals surface area (Å²) in [6.45, 7) is 7.82. The van der Waals surface area contributed by atoms with Crippen LogP contribution in [0.2, 0.25) is 0 Å². The van der Waals surface area contributed by atoms with E-state index in [-0.39, 0.29) is 16.2 Å². The minimum absolute atomic E-state index is 0.00419. The third-order valence-electron chi connectivity index (χ3n) is 6.96. The zero-order valence-corrected chi connectivity index (χ0v) is 22.1. The van der Waals surface area contributed by atoms with E-state index in [1.165, 1.54) is 11.1 Å². The highest BCUT2D eigenvalue weighted by Crippen LogP contribution is 2.53. The molecule has 8 heteroatoms. The quantitative estimate of drug-likeness (QED) is 0.289. The average molecular weight is 574 g/mol. The Morgan fingerprint density at radius 2 is 2.03 bits per heavy atom. The highest BCUT2D eigenvalue weighted by atomic mass is 127. The van der Waals surface area contributed by atoms with Crippen molar-refractivity contribution >= 4 is 45.5 Å². The lowest BCUT2D eigenvalue weighted by Gasteiger charge is -2.44. The Morgan fingerprint density at radius 1 is 1.27 bits per heavy atom. The molecular weight excluding hydrogens is 545 g/mol. The largest absolute Gasteiger partial charge is 0.598 e. The number of aromatic nitrogens is 3. The molecule has 6 nitrogen and oxygen atoms in total. The zero-order chi connectivity index (χ0) is 23.4. The van der Waals surface area contributed by atoms with Crippen LogP contribution in [0.25, 0.3) is 5.65 Å². The second-order valence-corrected chi connectivity index (χ2v) is 13.2. The number of piperidine rings is 1. The maximum absolute atomic E-state index is 13.2. The number of nitrogens with zero attached hydrogens (tertiary/aromatic N) is 4. The molecule has 1 unspecified atom stereocenters. The molecule has 1 saturated heterocycles. The molecule has 1 aliphatic heterocycles. The molecule has 2 atom stereocenters. The number of anilines is 1. The first-order valence-electron chi connectivity index (χ1n) is 11.2. The van der Waals surface area contributed by atoms with E-state index in [0.29, 0.717) is 0 Å². The smallest absolute Gasteiger partial charge is 0.211 e. The average Bonchev–Trinajstić information content (AvgIpc) is 3.38. The van der Waals surface area contributed by atoms with Crippen molar-refractivity contribution in [1.29, 1.82) is 0 Å². The maximum atomic E-state index is 13.2. The van der Waals surface area contributed by atoms with Gasteiger partial charge < -0.3 is 9.45 Å². The van der Waals surface area contributed by atoms with Crippen LogP contribution in [0.1, 0.15) is 56.3 Å². The van der Waals surface area contributed by atoms with Crippen LogP contribution in [-0.2, 0) is 17.8 Å². The molecule has 0 radical (unpaired) electrons. The van der Waals surface area contributed by atoms with E-state index in [1.54, 1.807) is 0 Å². The van der Waals surface area contributed by atoms with E-state index in [4.69, 9.17) is 11.4 Å². The monoisotopic (exact) mass is 573 g/mol. The molecule has 1 aromatic carbocycles. The summed E-state index contributed by atoms with van der Waals surface area (Å²) >= 11 is 1.12. The fourth-order valence-electron chi connectivity index (χ4n) is 5.14. The lowest BCUT2D eigenvalue weighted by Crippen LogP contribution is -2.50. The first-order valence-corrected chi connectivity index (χ1v) is 13.4. The molecule has 0 bridgehead atoms. The van der Waals surface area contributed by atoms with Crippen LogP contribution in [0, 0.1) is 21.3 Å². The van der Waals surface area contributed by atoms with Crippen LogP contribution >= 0.6 is 22.6 Å². The highest BCUT2D eigenvalue weighted by molar-refractivity contribution is 14.1. The van der Waals surface area contributed by atoms with Crippen molar-refractivity contribution in [3.05, 3.63) is 57.1 Å². The van der Waals surface area contributed by atoms with Gasteiger partial charge in [0.1, 0.15) is 4.75 Å². The maximum Gasteiger partial charge on any atom is 0.211 e. The van der Waals surface area contributed by atoms with Crippen molar-refractivity contribution in [2.75, 3.05) is 18.0 Å². The van der Waals surface area contributed by atoms with Gasteiger partial charge in [-0.05, 0) is 85.9 Å². The molecule has 3 heterocycles. The third kappa shape index (κ3) is 4.03. The minimum Gasteiger partial charge on any atom is -0.598 e. The summed E-state index contributed by atoms with van der Waals surface area (Å²) in [7, 11) is 0. The van der Waals surface area contributed by atoms with Crippen LogP contribution < -0.4 is 9.62 Å². The van der Waals surface area contributed by atoms with E-state index < -0.39 is 11.4 Å². The van der Waals surface area contributed by atoms with Crippen molar-refractivity contribution in [1.82, 2.24) is 19.1 Å². The lowest BCUT2D eigenvalue weighted by atomic mass is 9.73. The first-order chi connectivity index (χ1) is 15.7. The molecule has 172 valence electrons. The van der Waals surface area contributed by atoms with E-state index in [1.807, 2.05) is 45.4 Å². The number of halogens is 1. The summed E-state index contributed by atoms with van der Waals surface area (Å²) < 4.78 is 19.5. The molecule has 2 aromatic heterocycles. The Morgan fingerprint density at radius 3 is 2.73 bits per heavy atom. The summed E-state index contributed by atoms with van der Waals surface area (Å²) in [5.74, 6) is 3.71. The van der Waals surface area contributed by atoms with Crippen LogP contribution in [0.4, 0.5) is 5.95 Å². The Hall–Kier alpha value is -1.80. The van der Waals surface area contributed by atoms with Crippen molar-refractivity contribution in [2.24, 2.45) is 5.41 Å². The van der Waals surface area contributed by atoms with Gasteiger partial charge in [0.05, 0.1) is 9.61 Å². The van der Waals surface area contributed by atoms with Gasteiger partial charge in [-0.1, -0.05) is 12.0 Å². The zero-order valence-electron chi connectivity index (χ0n) is 19.1.